The summed E-state index contributed by atoms with van der Waals surface area (Å²) in [5, 5.41) is 11.8. The molecule has 12 nitrogen and oxygen atoms in total. The molecule has 1 atom stereocenters. The Morgan fingerprint density at radius 1 is 0.855 bits per heavy atom. The number of hydrogen-bond acceptors (Lipinski definition) is 12. The number of para-hydroxylation sites is 2. The van der Waals surface area contributed by atoms with Gasteiger partial charge in [-0.05, 0) is 85.0 Å². The summed E-state index contributed by atoms with van der Waals surface area (Å²) in [6.07, 6.45) is 2.12. The Hall–Kier alpha value is -6.12. The summed E-state index contributed by atoms with van der Waals surface area (Å²) < 4.78 is 30.0. The maximum atomic E-state index is 13.0. The third-order valence-electron chi connectivity index (χ3n) is 11.1. The number of aryl methyl sites for hydroxylation is 1. The molecule has 0 radical (unpaired) electrons. The minimum absolute atomic E-state index is 0.00312. The van der Waals surface area contributed by atoms with Gasteiger partial charge in [-0.15, -0.1) is 0 Å². The maximum Gasteiger partial charge on any atom is 0.345 e. The summed E-state index contributed by atoms with van der Waals surface area (Å²) in [7, 11) is 3.75. The fourth-order valence-electron chi connectivity index (χ4n) is 7.61. The number of carboxylic acids is 1. The van der Waals surface area contributed by atoms with Crippen LogP contribution in [0.2, 0.25) is 5.02 Å². The number of ether oxygens (including phenoxy) is 4. The standard InChI is InChI=1S/C48H47ClN6O6S/c1-30-11-5-7-13-34(30)45-42(35-17-18-39(44(49)31(35)2)59-26-25-55-23-21-54(3)22-24-55)43-41(28-51-45)62-53-47(43)61-40(48(56)57)27-32-12-6-9-15-37(32)60-29-33-19-20-50-46(52-33)36-14-8-10-16-38(36)58-4/h5-20,28,40H,21-27,29H2,1-4H3,(H,56,57). The predicted molar refractivity (Wildman–Crippen MR) is 243 cm³/mol. The molecular formula is C48H47ClN6O6S. The van der Waals surface area contributed by atoms with E-state index in [2.05, 4.69) is 21.8 Å². The van der Waals surface area contributed by atoms with Gasteiger partial charge in [0.15, 0.2) is 5.82 Å². The van der Waals surface area contributed by atoms with E-state index in [1.54, 1.807) is 31.6 Å². The first kappa shape index (κ1) is 42.6. The number of hydrogen-bond donors (Lipinski definition) is 1. The zero-order valence-electron chi connectivity index (χ0n) is 35.0. The number of nitrogens with zero attached hydrogens (tertiary/aromatic N) is 6. The average molecular weight is 871 g/mol. The molecule has 0 bridgehead atoms. The highest BCUT2D eigenvalue weighted by Crippen LogP contribution is 2.46. The molecule has 3 aromatic heterocycles. The highest BCUT2D eigenvalue weighted by Gasteiger charge is 2.28. The van der Waals surface area contributed by atoms with Crippen molar-refractivity contribution in [3.63, 3.8) is 0 Å². The zero-order valence-corrected chi connectivity index (χ0v) is 36.6. The molecule has 1 N–H and O–H groups in total. The molecule has 0 saturated carbocycles. The summed E-state index contributed by atoms with van der Waals surface area (Å²) in [6, 6.07) is 28.6. The Kier molecular flexibility index (Phi) is 13.2. The van der Waals surface area contributed by atoms with Crippen LogP contribution in [0.15, 0.2) is 103 Å². The van der Waals surface area contributed by atoms with Crippen molar-refractivity contribution in [2.45, 2.75) is 33.0 Å². The molecule has 1 aliphatic rings. The SMILES string of the molecule is COc1ccccc1-c1nccc(COc2ccccc2CC(Oc2nsc3cnc(-c4ccccc4C)c(-c4ccc(OCCN5CCN(C)CC5)c(Cl)c4C)c23)C(=O)O)n1. The van der Waals surface area contributed by atoms with Crippen LogP contribution in [-0.2, 0) is 17.8 Å². The lowest BCUT2D eigenvalue weighted by Crippen LogP contribution is -2.45. The quantitative estimate of drug-likeness (QED) is 0.0994. The van der Waals surface area contributed by atoms with Gasteiger partial charge >= 0.3 is 5.97 Å². The van der Waals surface area contributed by atoms with E-state index in [-0.39, 0.29) is 18.9 Å². The fraction of sp³-hybridized carbons (Fsp3) is 0.271. The number of methoxy groups -OCH3 is 1. The highest BCUT2D eigenvalue weighted by molar-refractivity contribution is 7.13. The maximum absolute atomic E-state index is 13.0. The van der Waals surface area contributed by atoms with Gasteiger partial charge in [-0.25, -0.2) is 14.8 Å². The highest BCUT2D eigenvalue weighted by atomic mass is 35.5. The zero-order chi connectivity index (χ0) is 43.2. The van der Waals surface area contributed by atoms with Crippen LogP contribution in [0.1, 0.15) is 22.4 Å². The van der Waals surface area contributed by atoms with Crippen molar-refractivity contribution in [1.29, 1.82) is 0 Å². The number of pyridine rings is 1. The normalized spacial score (nSPS) is 13.8. The first-order valence-electron chi connectivity index (χ1n) is 20.4. The monoisotopic (exact) mass is 870 g/mol. The number of rotatable bonds is 16. The number of benzene rings is 4. The Morgan fingerprint density at radius 3 is 2.37 bits per heavy atom. The van der Waals surface area contributed by atoms with Gasteiger partial charge in [-0.2, -0.15) is 4.37 Å². The van der Waals surface area contributed by atoms with Gasteiger partial charge in [0.2, 0.25) is 12.0 Å². The van der Waals surface area contributed by atoms with Gasteiger partial charge in [0, 0.05) is 62.7 Å². The van der Waals surface area contributed by atoms with Gasteiger partial charge in [0.25, 0.3) is 0 Å². The molecule has 4 heterocycles. The molecule has 14 heteroatoms. The first-order valence-corrected chi connectivity index (χ1v) is 21.6. The number of piperazine rings is 1. The smallest absolute Gasteiger partial charge is 0.345 e. The van der Waals surface area contributed by atoms with Gasteiger partial charge in [-0.3, -0.25) is 9.88 Å². The van der Waals surface area contributed by atoms with Crippen molar-refractivity contribution in [3.05, 3.63) is 131 Å². The minimum Gasteiger partial charge on any atom is -0.496 e. The molecular weight excluding hydrogens is 824 g/mol. The summed E-state index contributed by atoms with van der Waals surface area (Å²) in [6.45, 7) is 9.52. The van der Waals surface area contributed by atoms with Crippen molar-refractivity contribution in [2.75, 3.05) is 53.5 Å². The Balaban J connectivity index is 1.09. The Morgan fingerprint density at radius 2 is 1.60 bits per heavy atom. The Labute approximate surface area is 369 Å². The van der Waals surface area contributed by atoms with Crippen molar-refractivity contribution in [2.24, 2.45) is 0 Å². The lowest BCUT2D eigenvalue weighted by molar-refractivity contribution is -0.145. The average Bonchev–Trinajstić information content (AvgIpc) is 3.70. The van der Waals surface area contributed by atoms with Crippen molar-refractivity contribution >= 4 is 39.2 Å². The molecule has 8 rings (SSSR count). The van der Waals surface area contributed by atoms with Gasteiger partial charge in [-0.1, -0.05) is 72.3 Å². The number of carboxylic acid groups (broad SMARTS) is 1. The largest absolute Gasteiger partial charge is 0.496 e. The van der Waals surface area contributed by atoms with E-state index in [9.17, 15) is 9.90 Å². The van der Waals surface area contributed by atoms with Crippen molar-refractivity contribution in [1.82, 2.24) is 29.1 Å². The molecule has 0 spiro atoms. The molecule has 4 aromatic carbocycles. The third kappa shape index (κ3) is 9.36. The van der Waals surface area contributed by atoms with Crippen molar-refractivity contribution in [3.8, 4) is 56.9 Å². The molecule has 1 fully saturated rings. The second-order valence-corrected chi connectivity index (χ2v) is 16.4. The lowest BCUT2D eigenvalue weighted by Gasteiger charge is -2.32. The number of likely N-dealkylation sites (N-methyl/N-ethyl adjacent to an activating group) is 1. The van der Waals surface area contributed by atoms with Gasteiger partial charge < -0.3 is 29.0 Å². The van der Waals surface area contributed by atoms with E-state index in [0.29, 0.717) is 57.0 Å². The number of fused-ring (bicyclic) bond motifs is 1. The second-order valence-electron chi connectivity index (χ2n) is 15.2. The molecule has 7 aromatic rings. The van der Waals surface area contributed by atoms with E-state index < -0.39 is 12.1 Å². The van der Waals surface area contributed by atoms with Crippen LogP contribution in [0.3, 0.4) is 0 Å². The van der Waals surface area contributed by atoms with Crippen LogP contribution in [0, 0.1) is 13.8 Å². The van der Waals surface area contributed by atoms with E-state index in [0.717, 1.165) is 70.8 Å². The van der Waals surface area contributed by atoms with E-state index in [1.165, 1.54) is 11.5 Å². The summed E-state index contributed by atoms with van der Waals surface area (Å²) in [4.78, 5) is 31.9. The van der Waals surface area contributed by atoms with E-state index in [1.807, 2.05) is 92.7 Å². The number of halogens is 1. The van der Waals surface area contributed by atoms with Gasteiger partial charge in [0.05, 0.1) is 39.2 Å². The minimum atomic E-state index is -1.31. The van der Waals surface area contributed by atoms with Crippen LogP contribution in [0.4, 0.5) is 0 Å². The first-order chi connectivity index (χ1) is 30.2. The van der Waals surface area contributed by atoms with Gasteiger partial charge in [0.1, 0.15) is 30.5 Å². The van der Waals surface area contributed by atoms with Crippen molar-refractivity contribution < 1.29 is 28.8 Å². The second kappa shape index (κ2) is 19.3. The molecule has 0 aliphatic carbocycles. The summed E-state index contributed by atoms with van der Waals surface area (Å²) >= 11 is 8.31. The van der Waals surface area contributed by atoms with E-state index >= 15 is 0 Å². The molecule has 1 aliphatic heterocycles. The summed E-state index contributed by atoms with van der Waals surface area (Å²) in [5.74, 6) is 1.31. The van der Waals surface area contributed by atoms with Crippen LogP contribution >= 0.6 is 23.1 Å². The topological polar surface area (TPSA) is 132 Å². The fourth-order valence-corrected chi connectivity index (χ4v) is 8.53. The lowest BCUT2D eigenvalue weighted by atomic mass is 9.92. The molecule has 318 valence electrons. The van der Waals surface area contributed by atoms with Crippen LogP contribution in [0.25, 0.3) is 43.9 Å². The Bertz CT molecular complexity index is 2700. The number of carbonyl (C=O) groups is 1. The third-order valence-corrected chi connectivity index (χ3v) is 12.3. The number of aromatic nitrogens is 4. The molecule has 1 unspecified atom stereocenters. The van der Waals surface area contributed by atoms with Crippen LogP contribution < -0.4 is 18.9 Å². The molecule has 1 saturated heterocycles. The molecule has 62 heavy (non-hydrogen) atoms. The summed E-state index contributed by atoms with van der Waals surface area (Å²) in [5.41, 5.74) is 7.04. The van der Waals surface area contributed by atoms with Crippen LogP contribution in [0.5, 0.6) is 23.1 Å². The van der Waals surface area contributed by atoms with E-state index in [4.69, 9.17) is 44.9 Å². The number of aliphatic carboxylic acids is 1. The predicted octanol–water partition coefficient (Wildman–Crippen LogP) is 9.04. The molecule has 0 amide bonds. The van der Waals surface area contributed by atoms with Crippen LogP contribution in [-0.4, -0.2) is 99.8 Å².